The molecule has 0 aliphatic carbocycles. The van der Waals surface area contributed by atoms with Gasteiger partial charge in [0.05, 0.1) is 0 Å². The highest BCUT2D eigenvalue weighted by molar-refractivity contribution is 5.06. The lowest BCUT2D eigenvalue weighted by atomic mass is 10.3. The first-order chi connectivity index (χ1) is 7.88. The summed E-state index contributed by atoms with van der Waals surface area (Å²) in [6.07, 6.45) is -2.57. The summed E-state index contributed by atoms with van der Waals surface area (Å²) in [4.78, 5) is 0. The van der Waals surface area contributed by atoms with Crippen LogP contribution in [0.2, 0.25) is 0 Å². The van der Waals surface area contributed by atoms with Gasteiger partial charge in [0.15, 0.2) is 0 Å². The van der Waals surface area contributed by atoms with Crippen LogP contribution in [-0.4, -0.2) is 23.4 Å². The predicted molar refractivity (Wildman–Crippen MR) is 58.4 cm³/mol. The summed E-state index contributed by atoms with van der Waals surface area (Å²) in [5.74, 6) is 0. The molecule has 0 saturated carbocycles. The van der Waals surface area contributed by atoms with E-state index in [0.29, 0.717) is 12.6 Å². The lowest BCUT2D eigenvalue weighted by molar-refractivity contribution is -0.182. The second-order valence-corrected chi connectivity index (χ2v) is 4.10. The van der Waals surface area contributed by atoms with Crippen molar-refractivity contribution in [2.45, 2.75) is 39.3 Å². The third kappa shape index (κ3) is 5.74. The minimum Gasteiger partial charge on any atom is -0.351 e. The number of rotatable bonds is 6. The van der Waals surface area contributed by atoms with E-state index in [9.17, 15) is 13.2 Å². The summed E-state index contributed by atoms with van der Waals surface area (Å²) in [6.45, 7) is 3.32. The third-order valence-corrected chi connectivity index (χ3v) is 2.11. The van der Waals surface area contributed by atoms with Crippen molar-refractivity contribution in [3.63, 3.8) is 0 Å². The second-order valence-electron chi connectivity index (χ2n) is 4.10. The summed E-state index contributed by atoms with van der Waals surface area (Å²) in [5, 5.41) is 3.20. The van der Waals surface area contributed by atoms with Crippen molar-refractivity contribution >= 4 is 0 Å². The molecule has 0 saturated heterocycles. The topological polar surface area (TPSA) is 26.2 Å². The van der Waals surface area contributed by atoms with Crippen molar-refractivity contribution in [2.75, 3.05) is 6.61 Å². The molecule has 0 aromatic carbocycles. The number of nitrogens with zero attached hydrogens (tertiary/aromatic N) is 1. The van der Waals surface area contributed by atoms with Crippen LogP contribution in [0.3, 0.4) is 0 Å². The molecule has 1 aromatic heterocycles. The number of halogens is 3. The molecule has 0 bridgehead atoms. The van der Waals surface area contributed by atoms with E-state index in [1.165, 1.54) is 0 Å². The van der Waals surface area contributed by atoms with E-state index in [-0.39, 0.29) is 6.73 Å². The molecule has 17 heavy (non-hydrogen) atoms. The van der Waals surface area contributed by atoms with Gasteiger partial charge in [-0.3, -0.25) is 0 Å². The highest BCUT2D eigenvalue weighted by Crippen LogP contribution is 2.15. The Morgan fingerprint density at radius 3 is 2.71 bits per heavy atom. The van der Waals surface area contributed by atoms with Crippen molar-refractivity contribution < 1.29 is 17.9 Å². The van der Waals surface area contributed by atoms with Gasteiger partial charge in [-0.1, -0.05) is 13.8 Å². The van der Waals surface area contributed by atoms with Gasteiger partial charge in [-0.15, -0.1) is 0 Å². The van der Waals surface area contributed by atoms with Gasteiger partial charge in [0.2, 0.25) is 0 Å². The lowest BCUT2D eigenvalue weighted by Crippen LogP contribution is -2.24. The molecule has 0 amide bonds. The SMILES string of the molecule is CC(C)NCc1cccn1COCC(F)(F)F. The maximum Gasteiger partial charge on any atom is 0.411 e. The van der Waals surface area contributed by atoms with Crippen LogP contribution >= 0.6 is 0 Å². The molecule has 0 unspecified atom stereocenters. The molecule has 3 nitrogen and oxygen atoms in total. The minimum atomic E-state index is -4.27. The van der Waals surface area contributed by atoms with Gasteiger partial charge < -0.3 is 14.6 Å². The van der Waals surface area contributed by atoms with Crippen LogP contribution in [0, 0.1) is 0 Å². The quantitative estimate of drug-likeness (QED) is 0.839. The Balaban J connectivity index is 2.40. The molecule has 0 radical (unpaired) electrons. The van der Waals surface area contributed by atoms with Crippen molar-refractivity contribution in [3.05, 3.63) is 24.0 Å². The first-order valence-electron chi connectivity index (χ1n) is 5.40. The summed E-state index contributed by atoms with van der Waals surface area (Å²) >= 11 is 0. The van der Waals surface area contributed by atoms with Gasteiger partial charge in [0.25, 0.3) is 0 Å². The molecule has 1 rings (SSSR count). The predicted octanol–water partition coefficient (Wildman–Crippen LogP) is 2.52. The molecule has 0 aliphatic heterocycles. The molecular weight excluding hydrogens is 233 g/mol. The number of aromatic nitrogens is 1. The van der Waals surface area contributed by atoms with Crippen LogP contribution in [0.5, 0.6) is 0 Å². The fourth-order valence-electron chi connectivity index (χ4n) is 1.30. The number of alkyl halides is 3. The first kappa shape index (κ1) is 14.1. The van der Waals surface area contributed by atoms with Crippen LogP contribution in [0.4, 0.5) is 13.2 Å². The standard InChI is InChI=1S/C11H17F3N2O/c1-9(2)15-6-10-4-3-5-16(10)8-17-7-11(12,13)14/h3-5,9,15H,6-8H2,1-2H3. The Kier molecular flexibility index (Phi) is 5.02. The average molecular weight is 250 g/mol. The summed E-state index contributed by atoms with van der Waals surface area (Å²) < 4.78 is 41.9. The molecule has 0 spiro atoms. The van der Waals surface area contributed by atoms with E-state index in [1.807, 2.05) is 19.9 Å². The largest absolute Gasteiger partial charge is 0.411 e. The minimum absolute atomic E-state index is 0.0817. The summed E-state index contributed by atoms with van der Waals surface area (Å²) in [7, 11) is 0. The van der Waals surface area contributed by atoms with E-state index >= 15 is 0 Å². The highest BCUT2D eigenvalue weighted by atomic mass is 19.4. The fraction of sp³-hybridized carbons (Fsp3) is 0.636. The van der Waals surface area contributed by atoms with E-state index in [0.717, 1.165) is 5.69 Å². The Morgan fingerprint density at radius 1 is 1.41 bits per heavy atom. The molecule has 6 heteroatoms. The van der Waals surface area contributed by atoms with Crippen LogP contribution in [0.25, 0.3) is 0 Å². The second kappa shape index (κ2) is 6.07. The summed E-state index contributed by atoms with van der Waals surface area (Å²) in [6, 6.07) is 3.97. The van der Waals surface area contributed by atoms with Crippen molar-refractivity contribution in [2.24, 2.45) is 0 Å². The number of nitrogens with one attached hydrogen (secondary N) is 1. The molecule has 0 atom stereocenters. The van der Waals surface area contributed by atoms with Crippen molar-refractivity contribution in [1.82, 2.24) is 9.88 Å². The smallest absolute Gasteiger partial charge is 0.351 e. The van der Waals surface area contributed by atoms with E-state index < -0.39 is 12.8 Å². The van der Waals surface area contributed by atoms with Gasteiger partial charge in [-0.2, -0.15) is 13.2 Å². The lowest BCUT2D eigenvalue weighted by Gasteiger charge is -2.13. The van der Waals surface area contributed by atoms with Crippen LogP contribution in [0.15, 0.2) is 18.3 Å². The molecule has 1 aromatic rings. The Morgan fingerprint density at radius 2 is 2.12 bits per heavy atom. The number of hydrogen-bond acceptors (Lipinski definition) is 2. The Hall–Kier alpha value is -1.01. The molecule has 98 valence electrons. The van der Waals surface area contributed by atoms with Crippen LogP contribution < -0.4 is 5.32 Å². The van der Waals surface area contributed by atoms with E-state index in [1.54, 1.807) is 16.8 Å². The third-order valence-electron chi connectivity index (χ3n) is 2.11. The zero-order chi connectivity index (χ0) is 12.9. The zero-order valence-electron chi connectivity index (χ0n) is 9.92. The molecular formula is C11H17F3N2O. The van der Waals surface area contributed by atoms with Gasteiger partial charge in [-0.25, -0.2) is 0 Å². The maximum absolute atomic E-state index is 11.9. The monoisotopic (exact) mass is 250 g/mol. The fourth-order valence-corrected chi connectivity index (χ4v) is 1.30. The summed E-state index contributed by atoms with van der Waals surface area (Å²) in [5.41, 5.74) is 0.904. The Labute approximate surface area is 98.6 Å². The van der Waals surface area contributed by atoms with Crippen LogP contribution in [0.1, 0.15) is 19.5 Å². The maximum atomic E-state index is 11.9. The molecule has 0 aliphatic rings. The van der Waals surface area contributed by atoms with E-state index in [4.69, 9.17) is 0 Å². The van der Waals surface area contributed by atoms with Gasteiger partial charge in [0.1, 0.15) is 13.3 Å². The Bertz CT molecular complexity index is 334. The van der Waals surface area contributed by atoms with E-state index in [2.05, 4.69) is 10.1 Å². The average Bonchev–Trinajstić information content (AvgIpc) is 2.60. The van der Waals surface area contributed by atoms with Gasteiger partial charge >= 0.3 is 6.18 Å². The normalized spacial score (nSPS) is 12.4. The van der Waals surface area contributed by atoms with Crippen LogP contribution in [-0.2, 0) is 18.0 Å². The highest BCUT2D eigenvalue weighted by Gasteiger charge is 2.27. The molecule has 1 heterocycles. The van der Waals surface area contributed by atoms with Crippen molar-refractivity contribution in [3.8, 4) is 0 Å². The van der Waals surface area contributed by atoms with Gasteiger partial charge in [-0.05, 0) is 12.1 Å². The van der Waals surface area contributed by atoms with Gasteiger partial charge in [0, 0.05) is 24.5 Å². The molecule has 0 fully saturated rings. The number of hydrogen-bond donors (Lipinski definition) is 1. The zero-order valence-corrected chi connectivity index (χ0v) is 9.92. The van der Waals surface area contributed by atoms with Crippen molar-refractivity contribution in [1.29, 1.82) is 0 Å². The first-order valence-corrected chi connectivity index (χ1v) is 5.40. The number of ether oxygens (including phenoxy) is 1. The molecule has 1 N–H and O–H groups in total.